The minimum atomic E-state index is -4.75. The summed E-state index contributed by atoms with van der Waals surface area (Å²) < 4.78 is 66.4. The second kappa shape index (κ2) is 8.47. The van der Waals surface area contributed by atoms with E-state index in [1.165, 1.54) is 18.5 Å². The smallest absolute Gasteiger partial charge is 0.273 e. The summed E-state index contributed by atoms with van der Waals surface area (Å²) in [6, 6.07) is 5.65. The molecule has 0 spiro atoms. The molecule has 0 radical (unpaired) electrons. The lowest BCUT2D eigenvalue weighted by Gasteiger charge is -2.17. The maximum Gasteiger partial charge on any atom is 0.404 e. The van der Waals surface area contributed by atoms with Crippen molar-refractivity contribution in [2.24, 2.45) is 0 Å². The summed E-state index contributed by atoms with van der Waals surface area (Å²) in [5.74, 6) is 0.232. The van der Waals surface area contributed by atoms with E-state index in [1.807, 2.05) is 6.92 Å². The van der Waals surface area contributed by atoms with Gasteiger partial charge in [-0.2, -0.15) is 23.2 Å². The van der Waals surface area contributed by atoms with Crippen molar-refractivity contribution in [3.05, 3.63) is 60.2 Å². The molecule has 0 amide bonds. The summed E-state index contributed by atoms with van der Waals surface area (Å²) in [5, 5.41) is 9.88. The first-order valence-corrected chi connectivity index (χ1v) is 11.3. The van der Waals surface area contributed by atoms with Crippen LogP contribution in [0.25, 0.3) is 28.4 Å². The summed E-state index contributed by atoms with van der Waals surface area (Å²) in [5.41, 5.74) is 2.34. The lowest BCUT2D eigenvalue weighted by molar-refractivity contribution is -0.147. The number of halogens is 3. The van der Waals surface area contributed by atoms with E-state index in [0.29, 0.717) is 18.0 Å². The van der Waals surface area contributed by atoms with E-state index < -0.39 is 27.1 Å². The molecule has 1 N–H and O–H groups in total. The molecule has 34 heavy (non-hydrogen) atoms. The Morgan fingerprint density at radius 3 is 2.41 bits per heavy atom. The third-order valence-electron chi connectivity index (χ3n) is 4.92. The fraction of sp³-hybridized carbons (Fsp3) is 0.190. The molecule has 0 aromatic carbocycles. The number of nitriles is 1. The third-order valence-corrected chi connectivity index (χ3v) is 6.44. The molecule has 4 aromatic rings. The summed E-state index contributed by atoms with van der Waals surface area (Å²) in [4.78, 5) is 16.5. The van der Waals surface area contributed by atoms with E-state index in [9.17, 15) is 26.9 Å². The molecule has 0 aliphatic rings. The molecule has 0 aliphatic carbocycles. The number of hydrogen-bond donors (Lipinski definition) is 1. The molecule has 4 rings (SSSR count). The molecule has 0 saturated heterocycles. The van der Waals surface area contributed by atoms with Gasteiger partial charge in [-0.25, -0.2) is 18.4 Å². The first kappa shape index (κ1) is 23.3. The Hall–Kier alpha value is -3.89. The van der Waals surface area contributed by atoms with Gasteiger partial charge < -0.3 is 0 Å². The predicted octanol–water partition coefficient (Wildman–Crippen LogP) is 3.29. The Labute approximate surface area is 192 Å². The van der Waals surface area contributed by atoms with Gasteiger partial charge in [0, 0.05) is 24.8 Å². The quantitative estimate of drug-likeness (QED) is 0.458. The molecule has 0 unspecified atom stereocenters. The molecule has 0 saturated carbocycles. The number of nitrogens with zero attached hydrogens (tertiary/aromatic N) is 6. The van der Waals surface area contributed by atoms with Gasteiger partial charge in [0.05, 0.1) is 16.9 Å². The third kappa shape index (κ3) is 4.20. The molecule has 0 bridgehead atoms. The van der Waals surface area contributed by atoms with Crippen LogP contribution in [0.5, 0.6) is 0 Å². The summed E-state index contributed by atoms with van der Waals surface area (Å²) >= 11 is 0. The van der Waals surface area contributed by atoms with Crippen molar-refractivity contribution in [1.82, 2.24) is 29.2 Å². The van der Waals surface area contributed by atoms with Gasteiger partial charge in [-0.05, 0) is 43.7 Å². The molecule has 1 atom stereocenters. The number of aryl methyl sites for hydroxylation is 1. The Balaban J connectivity index is 1.87. The van der Waals surface area contributed by atoms with Gasteiger partial charge in [0.25, 0.3) is 0 Å². The van der Waals surface area contributed by atoms with Crippen LogP contribution >= 0.6 is 0 Å². The molecule has 4 heterocycles. The van der Waals surface area contributed by atoms with Crippen LogP contribution in [0.2, 0.25) is 0 Å². The molecule has 0 aliphatic heterocycles. The monoisotopic (exact) mass is 487 g/mol. The van der Waals surface area contributed by atoms with Gasteiger partial charge in [-0.3, -0.25) is 14.5 Å². The maximum atomic E-state index is 12.8. The van der Waals surface area contributed by atoms with Gasteiger partial charge in [-0.1, -0.05) is 0 Å². The Bertz CT molecular complexity index is 1510. The largest absolute Gasteiger partial charge is 0.404 e. The second-order valence-electron chi connectivity index (χ2n) is 7.36. The van der Waals surface area contributed by atoms with Crippen molar-refractivity contribution in [1.29, 1.82) is 5.26 Å². The fourth-order valence-corrected chi connectivity index (χ4v) is 4.44. The Morgan fingerprint density at radius 1 is 1.12 bits per heavy atom. The highest BCUT2D eigenvalue weighted by molar-refractivity contribution is 7.89. The standard InChI is InChI=1S/C21H16F3N7O2S/c1-12-8-17-18(29-10-12)15(9-25)19(31(17)20-26-6-3-7-27-20)16-5-4-14(11-28-16)34(32,33)30-13(2)21(22,23)24/h3-8,10-11,13,30H,1-2H3/t13-/m0/s1. The molecule has 4 aromatic heterocycles. The van der Waals surface area contributed by atoms with Crippen molar-refractivity contribution >= 4 is 21.1 Å². The summed E-state index contributed by atoms with van der Waals surface area (Å²) in [7, 11) is -4.49. The molecule has 9 nitrogen and oxygen atoms in total. The normalized spacial score (nSPS) is 13.1. The van der Waals surface area contributed by atoms with Crippen molar-refractivity contribution in [3.63, 3.8) is 0 Å². The van der Waals surface area contributed by atoms with E-state index in [4.69, 9.17) is 0 Å². The zero-order valence-electron chi connectivity index (χ0n) is 17.7. The van der Waals surface area contributed by atoms with E-state index in [1.54, 1.807) is 27.6 Å². The average molecular weight is 487 g/mol. The Kier molecular flexibility index (Phi) is 5.80. The highest BCUT2D eigenvalue weighted by Gasteiger charge is 2.39. The number of alkyl halides is 3. The van der Waals surface area contributed by atoms with Crippen LogP contribution in [0, 0.1) is 18.3 Å². The molecule has 0 fully saturated rings. The highest BCUT2D eigenvalue weighted by Crippen LogP contribution is 2.34. The lowest BCUT2D eigenvalue weighted by atomic mass is 10.1. The van der Waals surface area contributed by atoms with E-state index in [2.05, 4.69) is 26.0 Å². The SMILES string of the molecule is Cc1cnc2c(C#N)c(-c3ccc(S(=O)(=O)N[C@@H](C)C(F)(F)F)cn3)n(-c3ncccn3)c2c1. The lowest BCUT2D eigenvalue weighted by Crippen LogP contribution is -2.42. The zero-order chi connectivity index (χ0) is 24.7. The topological polar surface area (TPSA) is 126 Å². The summed E-state index contributed by atoms with van der Waals surface area (Å²) in [6.07, 6.45) is 0.811. The van der Waals surface area contributed by atoms with Crippen LogP contribution in [0.3, 0.4) is 0 Å². The van der Waals surface area contributed by atoms with Crippen LogP contribution in [-0.4, -0.2) is 45.1 Å². The van der Waals surface area contributed by atoms with E-state index >= 15 is 0 Å². The molecular formula is C21H16F3N7O2S. The number of nitrogens with one attached hydrogen (secondary N) is 1. The van der Waals surface area contributed by atoms with Crippen molar-refractivity contribution in [3.8, 4) is 23.4 Å². The number of sulfonamides is 1. The Morgan fingerprint density at radius 2 is 1.82 bits per heavy atom. The van der Waals surface area contributed by atoms with Gasteiger partial charge in [0.15, 0.2) is 0 Å². The zero-order valence-corrected chi connectivity index (χ0v) is 18.6. The van der Waals surface area contributed by atoms with Crippen LogP contribution in [0.4, 0.5) is 13.2 Å². The van der Waals surface area contributed by atoms with Crippen LogP contribution in [0.1, 0.15) is 18.1 Å². The summed E-state index contributed by atoms with van der Waals surface area (Å²) in [6.45, 7) is 2.53. The van der Waals surface area contributed by atoms with E-state index in [0.717, 1.165) is 17.8 Å². The number of aromatic nitrogens is 5. The van der Waals surface area contributed by atoms with Crippen molar-refractivity contribution < 1.29 is 21.6 Å². The first-order valence-electron chi connectivity index (χ1n) is 9.77. The minimum absolute atomic E-state index is 0.161. The number of fused-ring (bicyclic) bond motifs is 1. The first-order chi connectivity index (χ1) is 16.0. The number of rotatable bonds is 5. The predicted molar refractivity (Wildman–Crippen MR) is 115 cm³/mol. The van der Waals surface area contributed by atoms with Gasteiger partial charge in [0.2, 0.25) is 16.0 Å². The number of pyridine rings is 2. The van der Waals surface area contributed by atoms with Crippen molar-refractivity contribution in [2.75, 3.05) is 0 Å². The maximum absolute atomic E-state index is 12.8. The second-order valence-corrected chi connectivity index (χ2v) is 9.08. The molecular weight excluding hydrogens is 471 g/mol. The van der Waals surface area contributed by atoms with E-state index in [-0.39, 0.29) is 22.9 Å². The number of hydrogen-bond acceptors (Lipinski definition) is 7. The van der Waals surface area contributed by atoms with Crippen LogP contribution < -0.4 is 4.72 Å². The van der Waals surface area contributed by atoms with Crippen LogP contribution in [-0.2, 0) is 10.0 Å². The fourth-order valence-electron chi connectivity index (χ4n) is 3.27. The van der Waals surface area contributed by atoms with Crippen molar-refractivity contribution in [2.45, 2.75) is 31.0 Å². The van der Waals surface area contributed by atoms with Gasteiger partial charge in [0.1, 0.15) is 28.1 Å². The van der Waals surface area contributed by atoms with Gasteiger partial charge in [-0.15, -0.1) is 0 Å². The average Bonchev–Trinajstić information content (AvgIpc) is 3.12. The van der Waals surface area contributed by atoms with Crippen LogP contribution in [0.15, 0.2) is 53.9 Å². The molecule has 174 valence electrons. The minimum Gasteiger partial charge on any atom is -0.273 e. The highest BCUT2D eigenvalue weighted by atomic mass is 32.2. The molecule has 13 heteroatoms. The van der Waals surface area contributed by atoms with Gasteiger partial charge >= 0.3 is 6.18 Å².